The van der Waals surface area contributed by atoms with Crippen LogP contribution in [0.5, 0.6) is 0 Å². The summed E-state index contributed by atoms with van der Waals surface area (Å²) in [6, 6.07) is 0. The zero-order valence-electron chi connectivity index (χ0n) is 8.05. The zero-order chi connectivity index (χ0) is 9.40. The van der Waals surface area contributed by atoms with Crippen molar-refractivity contribution in [3.05, 3.63) is 17.2 Å². The van der Waals surface area contributed by atoms with Crippen LogP contribution in [-0.2, 0) is 0 Å². The van der Waals surface area contributed by atoms with Gasteiger partial charge in [0.05, 0.1) is 0 Å². The van der Waals surface area contributed by atoms with Crippen molar-refractivity contribution < 1.29 is 0 Å². The van der Waals surface area contributed by atoms with Crippen LogP contribution in [-0.4, -0.2) is 18.1 Å². The molecule has 0 aromatic rings. The first-order valence-electron chi connectivity index (χ1n) is 4.48. The molecule has 70 valence electrons. The first-order chi connectivity index (χ1) is 5.76. The van der Waals surface area contributed by atoms with Crippen molar-refractivity contribution in [2.24, 2.45) is 5.18 Å². The molecule has 0 aromatic carbocycles. The van der Waals surface area contributed by atoms with Crippen molar-refractivity contribution in [1.82, 2.24) is 4.90 Å². The Bertz CT molecular complexity index is 145. The number of allylic oxidation sites excluding steroid dienone is 1. The molecule has 0 aromatic heterocycles. The Morgan fingerprint density at radius 1 is 1.42 bits per heavy atom. The molecule has 0 aliphatic carbocycles. The molecule has 0 N–H and O–H groups in total. The Balaban J connectivity index is 3.89. The molecule has 0 spiro atoms. The summed E-state index contributed by atoms with van der Waals surface area (Å²) in [5.74, 6) is 0. The number of hydrogen-bond acceptors (Lipinski definition) is 3. The van der Waals surface area contributed by atoms with E-state index in [9.17, 15) is 4.91 Å². The van der Waals surface area contributed by atoms with Crippen molar-refractivity contribution in [3.8, 4) is 0 Å². The van der Waals surface area contributed by atoms with Crippen molar-refractivity contribution in [1.29, 1.82) is 0 Å². The van der Waals surface area contributed by atoms with Crippen LogP contribution in [0.1, 0.15) is 33.1 Å². The van der Waals surface area contributed by atoms with E-state index in [-0.39, 0.29) is 6.67 Å². The molecule has 0 heterocycles. The molecule has 0 saturated carbocycles. The molecule has 0 unspecified atom stereocenters. The third kappa shape index (κ3) is 4.11. The minimum absolute atomic E-state index is 0.243. The highest BCUT2D eigenvalue weighted by Crippen LogP contribution is 2.09. The van der Waals surface area contributed by atoms with E-state index < -0.39 is 0 Å². The average molecular weight is 170 g/mol. The van der Waals surface area contributed by atoms with Crippen LogP contribution in [0.4, 0.5) is 0 Å². The lowest BCUT2D eigenvalue weighted by atomic mass is 10.2. The normalized spacial score (nSPS) is 9.50. The topological polar surface area (TPSA) is 32.7 Å². The zero-order valence-corrected chi connectivity index (χ0v) is 8.05. The molecular weight excluding hydrogens is 152 g/mol. The highest BCUT2D eigenvalue weighted by atomic mass is 16.3. The molecule has 0 atom stereocenters. The Morgan fingerprint density at radius 2 is 2.08 bits per heavy atom. The lowest BCUT2D eigenvalue weighted by Gasteiger charge is -2.22. The summed E-state index contributed by atoms with van der Waals surface area (Å²) in [7, 11) is 0. The third-order valence-corrected chi connectivity index (χ3v) is 1.71. The largest absolute Gasteiger partial charge is 0.353 e. The number of hydrogen-bond donors (Lipinski definition) is 0. The molecule has 0 saturated heterocycles. The van der Waals surface area contributed by atoms with E-state index in [1.54, 1.807) is 0 Å². The number of nitroso groups, excluding NO2 is 1. The van der Waals surface area contributed by atoms with Gasteiger partial charge in [-0.15, -0.1) is 4.91 Å². The lowest BCUT2D eigenvalue weighted by molar-refractivity contribution is 0.342. The SMILES string of the molecule is C=C(CCC)N(CCC)CN=O. The third-order valence-electron chi connectivity index (χ3n) is 1.71. The Morgan fingerprint density at radius 3 is 2.50 bits per heavy atom. The smallest absolute Gasteiger partial charge is 0.152 e. The van der Waals surface area contributed by atoms with Crippen molar-refractivity contribution in [2.45, 2.75) is 33.1 Å². The molecule has 3 nitrogen and oxygen atoms in total. The van der Waals surface area contributed by atoms with Crippen molar-refractivity contribution >= 4 is 0 Å². The van der Waals surface area contributed by atoms with Crippen LogP contribution < -0.4 is 0 Å². The second-order valence-corrected chi connectivity index (χ2v) is 2.85. The molecule has 0 radical (unpaired) electrons. The Hall–Kier alpha value is -0.860. The summed E-state index contributed by atoms with van der Waals surface area (Å²) in [6.45, 7) is 9.21. The summed E-state index contributed by atoms with van der Waals surface area (Å²) in [4.78, 5) is 12.0. The monoisotopic (exact) mass is 170 g/mol. The van der Waals surface area contributed by atoms with Gasteiger partial charge in [-0.3, -0.25) is 0 Å². The number of rotatable bonds is 7. The molecule has 0 aliphatic heterocycles. The van der Waals surface area contributed by atoms with Gasteiger partial charge < -0.3 is 4.90 Å². The van der Waals surface area contributed by atoms with E-state index >= 15 is 0 Å². The van der Waals surface area contributed by atoms with Gasteiger partial charge in [0.15, 0.2) is 6.67 Å². The van der Waals surface area contributed by atoms with Crippen LogP contribution in [0, 0.1) is 4.91 Å². The van der Waals surface area contributed by atoms with Crippen LogP contribution in [0.15, 0.2) is 17.5 Å². The second kappa shape index (κ2) is 6.83. The predicted molar refractivity (Wildman–Crippen MR) is 51.7 cm³/mol. The predicted octanol–water partition coefficient (Wildman–Crippen LogP) is 2.74. The summed E-state index contributed by atoms with van der Waals surface area (Å²) in [6.07, 6.45) is 3.05. The minimum Gasteiger partial charge on any atom is -0.353 e. The molecule has 0 amide bonds. The van der Waals surface area contributed by atoms with Gasteiger partial charge >= 0.3 is 0 Å². The Kier molecular flexibility index (Phi) is 6.34. The highest BCUT2D eigenvalue weighted by Gasteiger charge is 2.04. The summed E-state index contributed by atoms with van der Waals surface area (Å²) in [5, 5.41) is 2.87. The maximum atomic E-state index is 10.1. The fraction of sp³-hybridized carbons (Fsp3) is 0.778. The molecule has 0 bridgehead atoms. The van der Waals surface area contributed by atoms with Crippen molar-refractivity contribution in [2.75, 3.05) is 13.2 Å². The standard InChI is InChI=1S/C9H18N2O/c1-4-6-9(3)11(7-5-2)8-10-12/h3-8H2,1-2H3. The highest BCUT2D eigenvalue weighted by molar-refractivity contribution is 4.92. The van der Waals surface area contributed by atoms with Gasteiger partial charge in [-0.25, -0.2) is 0 Å². The molecule has 12 heavy (non-hydrogen) atoms. The van der Waals surface area contributed by atoms with Gasteiger partial charge in [-0.05, 0) is 18.0 Å². The molecular formula is C9H18N2O. The average Bonchev–Trinajstić information content (AvgIpc) is 2.04. The maximum absolute atomic E-state index is 10.1. The molecule has 3 heteroatoms. The van der Waals surface area contributed by atoms with E-state index in [1.165, 1.54) is 0 Å². The first kappa shape index (κ1) is 11.1. The fourth-order valence-electron chi connectivity index (χ4n) is 1.12. The molecule has 0 fully saturated rings. The van der Waals surface area contributed by atoms with E-state index in [2.05, 4.69) is 25.6 Å². The van der Waals surface area contributed by atoms with Crippen LogP contribution in [0.3, 0.4) is 0 Å². The van der Waals surface area contributed by atoms with Gasteiger partial charge in [0.2, 0.25) is 0 Å². The van der Waals surface area contributed by atoms with E-state index in [0.29, 0.717) is 0 Å². The quantitative estimate of drug-likeness (QED) is 0.550. The molecule has 0 aliphatic rings. The lowest BCUT2D eigenvalue weighted by Crippen LogP contribution is -2.23. The van der Waals surface area contributed by atoms with Crippen LogP contribution in [0.25, 0.3) is 0 Å². The van der Waals surface area contributed by atoms with E-state index in [1.807, 2.05) is 4.90 Å². The van der Waals surface area contributed by atoms with E-state index in [0.717, 1.165) is 31.5 Å². The van der Waals surface area contributed by atoms with Crippen molar-refractivity contribution in [3.63, 3.8) is 0 Å². The van der Waals surface area contributed by atoms with Gasteiger partial charge in [-0.2, -0.15) is 0 Å². The summed E-state index contributed by atoms with van der Waals surface area (Å²) in [5.41, 5.74) is 1.03. The summed E-state index contributed by atoms with van der Waals surface area (Å²) < 4.78 is 0. The summed E-state index contributed by atoms with van der Waals surface area (Å²) >= 11 is 0. The van der Waals surface area contributed by atoms with Gasteiger partial charge in [-0.1, -0.05) is 26.8 Å². The first-order valence-corrected chi connectivity index (χ1v) is 4.48. The van der Waals surface area contributed by atoms with E-state index in [4.69, 9.17) is 0 Å². The van der Waals surface area contributed by atoms with Gasteiger partial charge in [0.25, 0.3) is 0 Å². The number of nitrogens with zero attached hydrogens (tertiary/aromatic N) is 2. The van der Waals surface area contributed by atoms with Gasteiger partial charge in [0.1, 0.15) is 0 Å². The van der Waals surface area contributed by atoms with Crippen LogP contribution in [0.2, 0.25) is 0 Å². The molecule has 0 rings (SSSR count). The maximum Gasteiger partial charge on any atom is 0.152 e. The second-order valence-electron chi connectivity index (χ2n) is 2.85. The Labute approximate surface area is 74.4 Å². The van der Waals surface area contributed by atoms with Gasteiger partial charge in [0, 0.05) is 12.2 Å². The minimum atomic E-state index is 0.243. The fourth-order valence-corrected chi connectivity index (χ4v) is 1.12. The van der Waals surface area contributed by atoms with Crippen LogP contribution >= 0.6 is 0 Å².